The number of nitrogens with one attached hydrogen (secondary N) is 1. The first kappa shape index (κ1) is 12.4. The Morgan fingerprint density at radius 1 is 1.41 bits per heavy atom. The Labute approximate surface area is 108 Å². The van der Waals surface area contributed by atoms with Gasteiger partial charge in [0, 0.05) is 10.6 Å². The number of benzene rings is 1. The molecule has 1 N–H and O–H groups in total. The molecule has 1 atom stereocenters. The largest absolute Gasteiger partial charge is 0.312 e. The molecule has 1 unspecified atom stereocenters. The van der Waals surface area contributed by atoms with Crippen LogP contribution in [-0.2, 0) is 5.41 Å². The monoisotopic (exact) mass is 248 g/mol. The first-order valence-corrected chi connectivity index (χ1v) is 6.28. The van der Waals surface area contributed by atoms with E-state index in [0.29, 0.717) is 5.02 Å². The first-order chi connectivity index (χ1) is 7.97. The van der Waals surface area contributed by atoms with Crippen LogP contribution in [0.25, 0.3) is 0 Å². The van der Waals surface area contributed by atoms with Crippen molar-refractivity contribution in [3.63, 3.8) is 0 Å². The summed E-state index contributed by atoms with van der Waals surface area (Å²) in [4.78, 5) is 0. The number of piperidine rings is 1. The van der Waals surface area contributed by atoms with Gasteiger partial charge >= 0.3 is 0 Å². The van der Waals surface area contributed by atoms with Gasteiger partial charge < -0.3 is 5.32 Å². The summed E-state index contributed by atoms with van der Waals surface area (Å²) < 4.78 is 0. The number of halogens is 1. The van der Waals surface area contributed by atoms with Gasteiger partial charge in [0.15, 0.2) is 0 Å². The topological polar surface area (TPSA) is 35.8 Å². The summed E-state index contributed by atoms with van der Waals surface area (Å²) in [6.45, 7) is 5.15. The van der Waals surface area contributed by atoms with Crippen molar-refractivity contribution in [1.29, 1.82) is 5.26 Å². The number of hydrogen-bond acceptors (Lipinski definition) is 2. The fourth-order valence-electron chi connectivity index (χ4n) is 2.71. The minimum atomic E-state index is -0.403. The van der Waals surface area contributed by atoms with Crippen molar-refractivity contribution in [2.24, 2.45) is 0 Å². The molecule has 0 amide bonds. The molecule has 2 rings (SSSR count). The van der Waals surface area contributed by atoms with Crippen LogP contribution in [0, 0.1) is 11.3 Å². The van der Waals surface area contributed by atoms with Crippen LogP contribution < -0.4 is 5.32 Å². The molecule has 0 bridgehead atoms. The summed E-state index contributed by atoms with van der Waals surface area (Å²) in [7, 11) is 0. The molecule has 2 nitrogen and oxygen atoms in total. The third kappa shape index (κ3) is 2.46. The lowest BCUT2D eigenvalue weighted by Crippen LogP contribution is -2.52. The maximum atomic E-state index is 9.60. The van der Waals surface area contributed by atoms with Crippen molar-refractivity contribution in [2.75, 3.05) is 6.54 Å². The Bertz CT molecular complexity index is 462. The van der Waals surface area contributed by atoms with E-state index < -0.39 is 5.41 Å². The van der Waals surface area contributed by atoms with Crippen LogP contribution in [-0.4, -0.2) is 12.1 Å². The molecule has 1 aliphatic rings. The molecule has 1 saturated heterocycles. The Balaban J connectivity index is 2.42. The SMILES string of the molecule is CC1(C)CC(C#N)(c2cccc(Cl)c2)CCN1. The van der Waals surface area contributed by atoms with Gasteiger partial charge in [-0.1, -0.05) is 23.7 Å². The molecule has 1 aromatic carbocycles. The molecular formula is C14H17ClN2. The third-order valence-corrected chi connectivity index (χ3v) is 3.73. The van der Waals surface area contributed by atoms with Gasteiger partial charge in [-0.3, -0.25) is 0 Å². The zero-order valence-corrected chi connectivity index (χ0v) is 11.0. The molecule has 1 fully saturated rings. The zero-order valence-electron chi connectivity index (χ0n) is 10.3. The smallest absolute Gasteiger partial charge is 0.0852 e. The van der Waals surface area contributed by atoms with E-state index in [1.165, 1.54) is 0 Å². The lowest BCUT2D eigenvalue weighted by molar-refractivity contribution is 0.233. The summed E-state index contributed by atoms with van der Waals surface area (Å²) in [5.41, 5.74) is 0.637. The number of hydrogen-bond donors (Lipinski definition) is 1. The fraction of sp³-hybridized carbons (Fsp3) is 0.500. The molecule has 90 valence electrons. The van der Waals surface area contributed by atoms with Gasteiger partial charge in [0.1, 0.15) is 0 Å². The summed E-state index contributed by atoms with van der Waals surface area (Å²) in [6, 6.07) is 10.2. The molecule has 1 heterocycles. The van der Waals surface area contributed by atoms with E-state index in [-0.39, 0.29) is 5.54 Å². The molecule has 0 radical (unpaired) electrons. The Kier molecular flexibility index (Phi) is 3.16. The molecular weight excluding hydrogens is 232 g/mol. The summed E-state index contributed by atoms with van der Waals surface area (Å²) in [6.07, 6.45) is 1.66. The van der Waals surface area contributed by atoms with Crippen molar-refractivity contribution in [2.45, 2.75) is 37.6 Å². The van der Waals surface area contributed by atoms with Gasteiger partial charge in [0.05, 0.1) is 11.5 Å². The molecule has 1 aromatic rings. The highest BCUT2D eigenvalue weighted by Crippen LogP contribution is 2.39. The molecule has 0 aliphatic carbocycles. The van der Waals surface area contributed by atoms with E-state index in [4.69, 9.17) is 11.6 Å². The second-order valence-electron chi connectivity index (χ2n) is 5.44. The van der Waals surface area contributed by atoms with Crippen LogP contribution in [0.5, 0.6) is 0 Å². The zero-order chi connectivity index (χ0) is 12.5. The average Bonchev–Trinajstić information content (AvgIpc) is 2.27. The average molecular weight is 249 g/mol. The van der Waals surface area contributed by atoms with E-state index in [9.17, 15) is 5.26 Å². The van der Waals surface area contributed by atoms with Crippen molar-refractivity contribution in [3.05, 3.63) is 34.9 Å². The first-order valence-electron chi connectivity index (χ1n) is 5.90. The molecule has 0 aromatic heterocycles. The predicted octanol–water partition coefficient (Wildman–Crippen LogP) is 3.26. The highest BCUT2D eigenvalue weighted by molar-refractivity contribution is 6.30. The van der Waals surface area contributed by atoms with Crippen LogP contribution in [0.1, 0.15) is 32.3 Å². The van der Waals surface area contributed by atoms with E-state index in [1.54, 1.807) is 0 Å². The fourth-order valence-corrected chi connectivity index (χ4v) is 2.90. The molecule has 3 heteroatoms. The van der Waals surface area contributed by atoms with Crippen LogP contribution in [0.15, 0.2) is 24.3 Å². The second-order valence-corrected chi connectivity index (χ2v) is 5.88. The maximum absolute atomic E-state index is 9.60. The summed E-state index contributed by atoms with van der Waals surface area (Å²) in [5.74, 6) is 0. The van der Waals surface area contributed by atoms with Gasteiger partial charge in [-0.15, -0.1) is 0 Å². The van der Waals surface area contributed by atoms with Crippen LogP contribution in [0.2, 0.25) is 5.02 Å². The quantitative estimate of drug-likeness (QED) is 0.828. The van der Waals surface area contributed by atoms with E-state index >= 15 is 0 Å². The Morgan fingerprint density at radius 3 is 2.76 bits per heavy atom. The van der Waals surface area contributed by atoms with Gasteiger partial charge in [0.25, 0.3) is 0 Å². The van der Waals surface area contributed by atoms with Gasteiger partial charge in [-0.2, -0.15) is 5.26 Å². The second kappa shape index (κ2) is 4.33. The number of rotatable bonds is 1. The van der Waals surface area contributed by atoms with Crippen molar-refractivity contribution >= 4 is 11.6 Å². The lowest BCUT2D eigenvalue weighted by atomic mass is 9.68. The van der Waals surface area contributed by atoms with E-state index in [1.807, 2.05) is 24.3 Å². The molecule has 0 spiro atoms. The van der Waals surface area contributed by atoms with Crippen molar-refractivity contribution < 1.29 is 0 Å². The molecule has 17 heavy (non-hydrogen) atoms. The van der Waals surface area contributed by atoms with Crippen molar-refractivity contribution in [1.82, 2.24) is 5.32 Å². The lowest BCUT2D eigenvalue weighted by Gasteiger charge is -2.42. The number of nitrogens with zero attached hydrogens (tertiary/aromatic N) is 1. The Morgan fingerprint density at radius 2 is 2.18 bits per heavy atom. The summed E-state index contributed by atoms with van der Waals surface area (Å²) >= 11 is 6.03. The normalized spacial score (nSPS) is 27.4. The highest BCUT2D eigenvalue weighted by atomic mass is 35.5. The van der Waals surface area contributed by atoms with Crippen LogP contribution in [0.3, 0.4) is 0 Å². The minimum absolute atomic E-state index is 0.00367. The molecule has 0 saturated carbocycles. The van der Waals surface area contributed by atoms with Crippen molar-refractivity contribution in [3.8, 4) is 6.07 Å². The predicted molar refractivity (Wildman–Crippen MR) is 70.1 cm³/mol. The van der Waals surface area contributed by atoms with Gasteiger partial charge in [-0.25, -0.2) is 0 Å². The summed E-state index contributed by atoms with van der Waals surface area (Å²) in [5, 5.41) is 13.7. The third-order valence-electron chi connectivity index (χ3n) is 3.49. The van der Waals surface area contributed by atoms with Gasteiger partial charge in [-0.05, 0) is 50.9 Å². The van der Waals surface area contributed by atoms with E-state index in [2.05, 4.69) is 25.2 Å². The van der Waals surface area contributed by atoms with Crippen LogP contribution in [0.4, 0.5) is 0 Å². The maximum Gasteiger partial charge on any atom is 0.0852 e. The standard InChI is InChI=1S/C14H17ClN2/c1-13(2)9-14(10-16,6-7-17-13)11-4-3-5-12(15)8-11/h3-5,8,17H,6-7,9H2,1-2H3. The molecule has 1 aliphatic heterocycles. The number of nitriles is 1. The highest BCUT2D eigenvalue weighted by Gasteiger charge is 2.41. The van der Waals surface area contributed by atoms with Gasteiger partial charge in [0.2, 0.25) is 0 Å². The van der Waals surface area contributed by atoms with Crippen LogP contribution >= 0.6 is 11.6 Å². The minimum Gasteiger partial charge on any atom is -0.312 e. The van der Waals surface area contributed by atoms with E-state index in [0.717, 1.165) is 24.9 Å². The Hall–Kier alpha value is -1.04.